The third kappa shape index (κ3) is 7.81. The van der Waals surface area contributed by atoms with Gasteiger partial charge in [0.05, 0.1) is 0 Å². The van der Waals surface area contributed by atoms with Crippen molar-refractivity contribution in [2.75, 3.05) is 6.54 Å². The normalized spacial score (nSPS) is 13.9. The standard InChI is InChI=1S/C16H35N/c1-6-9-10-11-12-13-15(17-14-7-2)16(4,5)8-3/h15,17H,6-14H2,1-5H3. The molecule has 1 N–H and O–H groups in total. The van der Waals surface area contributed by atoms with Crippen molar-refractivity contribution in [2.24, 2.45) is 5.41 Å². The number of nitrogens with one attached hydrogen (secondary N) is 1. The molecule has 1 unspecified atom stereocenters. The van der Waals surface area contributed by atoms with Gasteiger partial charge in [-0.3, -0.25) is 0 Å². The maximum Gasteiger partial charge on any atom is 0.0118 e. The van der Waals surface area contributed by atoms with E-state index in [4.69, 9.17) is 0 Å². The first kappa shape index (κ1) is 17.0. The Kier molecular flexibility index (Phi) is 9.91. The number of hydrogen-bond donors (Lipinski definition) is 1. The molecule has 1 heteroatoms. The first-order valence-corrected chi connectivity index (χ1v) is 7.81. The number of unbranched alkanes of at least 4 members (excludes halogenated alkanes) is 4. The van der Waals surface area contributed by atoms with E-state index in [9.17, 15) is 0 Å². The van der Waals surface area contributed by atoms with E-state index < -0.39 is 0 Å². The molecule has 0 aromatic rings. The summed E-state index contributed by atoms with van der Waals surface area (Å²) in [4.78, 5) is 0. The van der Waals surface area contributed by atoms with Gasteiger partial charge in [-0.2, -0.15) is 0 Å². The second kappa shape index (κ2) is 9.94. The highest BCUT2D eigenvalue weighted by molar-refractivity contribution is 4.82. The van der Waals surface area contributed by atoms with Crippen LogP contribution in [0.5, 0.6) is 0 Å². The van der Waals surface area contributed by atoms with Crippen molar-refractivity contribution in [3.05, 3.63) is 0 Å². The average molecular weight is 241 g/mol. The molecule has 0 saturated heterocycles. The van der Waals surface area contributed by atoms with Gasteiger partial charge in [0.1, 0.15) is 0 Å². The molecule has 0 bridgehead atoms. The maximum absolute atomic E-state index is 3.75. The summed E-state index contributed by atoms with van der Waals surface area (Å²) in [5, 5.41) is 3.75. The summed E-state index contributed by atoms with van der Waals surface area (Å²) in [5.74, 6) is 0. The van der Waals surface area contributed by atoms with Crippen LogP contribution in [0.15, 0.2) is 0 Å². The number of rotatable bonds is 11. The van der Waals surface area contributed by atoms with Gasteiger partial charge in [0.25, 0.3) is 0 Å². The predicted molar refractivity (Wildman–Crippen MR) is 79.5 cm³/mol. The fraction of sp³-hybridized carbons (Fsp3) is 1.00. The van der Waals surface area contributed by atoms with E-state index in [-0.39, 0.29) is 0 Å². The summed E-state index contributed by atoms with van der Waals surface area (Å²) in [5.41, 5.74) is 0.444. The van der Waals surface area contributed by atoms with Crippen LogP contribution in [0, 0.1) is 5.41 Å². The van der Waals surface area contributed by atoms with Crippen molar-refractivity contribution in [1.29, 1.82) is 0 Å². The van der Waals surface area contributed by atoms with Crippen molar-refractivity contribution < 1.29 is 0 Å². The van der Waals surface area contributed by atoms with Crippen LogP contribution in [0.2, 0.25) is 0 Å². The summed E-state index contributed by atoms with van der Waals surface area (Å²) >= 11 is 0. The Hall–Kier alpha value is -0.0400. The average Bonchev–Trinajstić information content (AvgIpc) is 2.32. The Morgan fingerprint density at radius 3 is 2.06 bits per heavy atom. The van der Waals surface area contributed by atoms with E-state index in [1.165, 1.54) is 57.9 Å². The molecular weight excluding hydrogens is 206 g/mol. The lowest BCUT2D eigenvalue weighted by Gasteiger charge is -2.34. The smallest absolute Gasteiger partial charge is 0.0118 e. The summed E-state index contributed by atoms with van der Waals surface area (Å²) in [6, 6.07) is 0.703. The van der Waals surface area contributed by atoms with Crippen LogP contribution >= 0.6 is 0 Å². The highest BCUT2D eigenvalue weighted by Crippen LogP contribution is 2.28. The van der Waals surface area contributed by atoms with Gasteiger partial charge in [-0.25, -0.2) is 0 Å². The minimum Gasteiger partial charge on any atom is -0.313 e. The Morgan fingerprint density at radius 1 is 0.882 bits per heavy atom. The summed E-state index contributed by atoms with van der Waals surface area (Å²) in [6.45, 7) is 12.8. The monoisotopic (exact) mass is 241 g/mol. The molecule has 0 aliphatic rings. The van der Waals surface area contributed by atoms with Crippen LogP contribution in [-0.2, 0) is 0 Å². The second-order valence-corrected chi connectivity index (χ2v) is 6.05. The zero-order valence-electron chi connectivity index (χ0n) is 12.9. The van der Waals surface area contributed by atoms with E-state index in [1.807, 2.05) is 0 Å². The van der Waals surface area contributed by atoms with Gasteiger partial charge >= 0.3 is 0 Å². The second-order valence-electron chi connectivity index (χ2n) is 6.05. The molecule has 0 fully saturated rings. The third-order valence-electron chi connectivity index (χ3n) is 4.09. The minimum atomic E-state index is 0.444. The molecule has 0 aliphatic heterocycles. The van der Waals surface area contributed by atoms with Gasteiger partial charge in [0, 0.05) is 6.04 Å². The van der Waals surface area contributed by atoms with Crippen molar-refractivity contribution in [1.82, 2.24) is 5.32 Å². The molecule has 104 valence electrons. The van der Waals surface area contributed by atoms with Gasteiger partial charge < -0.3 is 5.32 Å². The quantitative estimate of drug-likeness (QED) is 0.493. The Labute approximate surface area is 110 Å². The zero-order valence-corrected chi connectivity index (χ0v) is 12.9. The van der Waals surface area contributed by atoms with Crippen LogP contribution in [0.25, 0.3) is 0 Å². The highest BCUT2D eigenvalue weighted by Gasteiger charge is 2.26. The van der Waals surface area contributed by atoms with E-state index in [0.29, 0.717) is 11.5 Å². The van der Waals surface area contributed by atoms with Gasteiger partial charge in [-0.15, -0.1) is 0 Å². The van der Waals surface area contributed by atoms with Crippen LogP contribution in [0.4, 0.5) is 0 Å². The molecule has 0 rings (SSSR count). The topological polar surface area (TPSA) is 12.0 Å². The number of hydrogen-bond acceptors (Lipinski definition) is 1. The third-order valence-corrected chi connectivity index (χ3v) is 4.09. The van der Waals surface area contributed by atoms with Gasteiger partial charge in [0.2, 0.25) is 0 Å². The molecule has 1 atom stereocenters. The molecule has 0 spiro atoms. The Morgan fingerprint density at radius 2 is 1.53 bits per heavy atom. The first-order chi connectivity index (χ1) is 8.08. The van der Waals surface area contributed by atoms with Crippen LogP contribution < -0.4 is 5.32 Å². The zero-order chi connectivity index (χ0) is 13.1. The van der Waals surface area contributed by atoms with E-state index in [2.05, 4.69) is 39.9 Å². The largest absolute Gasteiger partial charge is 0.313 e. The summed E-state index contributed by atoms with van der Waals surface area (Å²) < 4.78 is 0. The molecule has 0 radical (unpaired) electrons. The molecule has 0 saturated carbocycles. The lowest BCUT2D eigenvalue weighted by molar-refractivity contribution is 0.216. The van der Waals surface area contributed by atoms with Crippen molar-refractivity contribution in [3.8, 4) is 0 Å². The minimum absolute atomic E-state index is 0.444. The maximum atomic E-state index is 3.75. The Bertz CT molecular complexity index is 163. The fourth-order valence-corrected chi connectivity index (χ4v) is 2.29. The van der Waals surface area contributed by atoms with E-state index in [0.717, 1.165) is 0 Å². The molecule has 1 nitrogen and oxygen atoms in total. The fourth-order valence-electron chi connectivity index (χ4n) is 2.29. The SMILES string of the molecule is CCCCCCCC(NCCC)C(C)(C)CC. The van der Waals surface area contributed by atoms with Crippen LogP contribution in [0.3, 0.4) is 0 Å². The predicted octanol–water partition coefficient (Wildman–Crippen LogP) is 5.15. The molecule has 0 aliphatic carbocycles. The molecule has 0 heterocycles. The van der Waals surface area contributed by atoms with Crippen molar-refractivity contribution >= 4 is 0 Å². The first-order valence-electron chi connectivity index (χ1n) is 7.81. The molecule has 0 aromatic heterocycles. The molecule has 0 aromatic carbocycles. The van der Waals surface area contributed by atoms with Crippen molar-refractivity contribution in [2.45, 2.75) is 92.0 Å². The van der Waals surface area contributed by atoms with Crippen LogP contribution in [0.1, 0.15) is 86.0 Å². The van der Waals surface area contributed by atoms with Crippen LogP contribution in [-0.4, -0.2) is 12.6 Å². The van der Waals surface area contributed by atoms with E-state index in [1.54, 1.807) is 0 Å². The molecule has 0 amide bonds. The lowest BCUT2D eigenvalue weighted by atomic mass is 9.79. The van der Waals surface area contributed by atoms with Crippen molar-refractivity contribution in [3.63, 3.8) is 0 Å². The van der Waals surface area contributed by atoms with Gasteiger partial charge in [-0.05, 0) is 31.2 Å². The van der Waals surface area contributed by atoms with E-state index >= 15 is 0 Å². The van der Waals surface area contributed by atoms with Gasteiger partial charge in [0.15, 0.2) is 0 Å². The Balaban J connectivity index is 3.93. The lowest BCUT2D eigenvalue weighted by Crippen LogP contribution is -2.42. The highest BCUT2D eigenvalue weighted by atomic mass is 14.9. The molecular formula is C16H35N. The molecule has 17 heavy (non-hydrogen) atoms. The summed E-state index contributed by atoms with van der Waals surface area (Å²) in [7, 11) is 0. The summed E-state index contributed by atoms with van der Waals surface area (Å²) in [6.07, 6.45) is 10.8. The van der Waals surface area contributed by atoms with Gasteiger partial charge in [-0.1, -0.05) is 66.7 Å².